The summed E-state index contributed by atoms with van der Waals surface area (Å²) < 4.78 is 6.32. The van der Waals surface area contributed by atoms with Crippen LogP contribution in [-0.4, -0.2) is 35.5 Å². The first-order chi connectivity index (χ1) is 12.7. The van der Waals surface area contributed by atoms with Crippen molar-refractivity contribution in [1.29, 1.82) is 0 Å². The number of benzene rings is 1. The highest BCUT2D eigenvalue weighted by Crippen LogP contribution is 2.25. The number of aromatic amines is 1. The van der Waals surface area contributed by atoms with Crippen LogP contribution in [0, 0.1) is 5.92 Å². The number of H-pyrrole nitrogens is 1. The zero-order valence-electron chi connectivity index (χ0n) is 14.4. The van der Waals surface area contributed by atoms with Crippen LogP contribution in [0.4, 0.5) is 5.95 Å². The summed E-state index contributed by atoms with van der Waals surface area (Å²) in [5.74, 6) is 1.83. The predicted molar refractivity (Wildman–Crippen MR) is 104 cm³/mol. The Bertz CT molecular complexity index is 890. The molecule has 3 heterocycles. The molecule has 1 saturated heterocycles. The molecule has 0 radical (unpaired) electrons. The summed E-state index contributed by atoms with van der Waals surface area (Å²) in [4.78, 5) is 22.7. The van der Waals surface area contributed by atoms with Gasteiger partial charge in [0, 0.05) is 30.5 Å². The van der Waals surface area contributed by atoms with Gasteiger partial charge in [0.2, 0.25) is 11.9 Å². The second-order valence-corrected chi connectivity index (χ2v) is 7.54. The highest BCUT2D eigenvalue weighted by atomic mass is 79.9. The number of imidazole rings is 1. The first-order valence-electron chi connectivity index (χ1n) is 8.89. The van der Waals surface area contributed by atoms with Gasteiger partial charge in [-0.2, -0.15) is 0 Å². The summed E-state index contributed by atoms with van der Waals surface area (Å²) in [5.41, 5.74) is 1.94. The number of rotatable bonds is 5. The maximum atomic E-state index is 12.5. The van der Waals surface area contributed by atoms with E-state index in [9.17, 15) is 4.79 Å². The van der Waals surface area contributed by atoms with Crippen LogP contribution >= 0.6 is 15.9 Å². The summed E-state index contributed by atoms with van der Waals surface area (Å²) in [5, 5.41) is 3.03. The molecule has 1 unspecified atom stereocenters. The lowest BCUT2D eigenvalue weighted by Crippen LogP contribution is -2.43. The molecule has 3 aromatic rings. The molecule has 2 N–H and O–H groups in total. The third kappa shape index (κ3) is 3.77. The Labute approximate surface area is 160 Å². The number of carbonyl (C=O) groups excluding carboxylic acids is 1. The Morgan fingerprint density at radius 2 is 2.35 bits per heavy atom. The van der Waals surface area contributed by atoms with Crippen molar-refractivity contribution in [2.75, 3.05) is 24.5 Å². The van der Waals surface area contributed by atoms with Crippen LogP contribution < -0.4 is 10.2 Å². The third-order valence-electron chi connectivity index (χ3n) is 4.77. The molecule has 1 amide bonds. The Morgan fingerprint density at radius 1 is 1.42 bits per heavy atom. The lowest BCUT2D eigenvalue weighted by Gasteiger charge is -2.31. The number of nitrogens with one attached hydrogen (secondary N) is 2. The highest BCUT2D eigenvalue weighted by molar-refractivity contribution is 9.10. The van der Waals surface area contributed by atoms with Gasteiger partial charge in [-0.3, -0.25) is 4.79 Å². The van der Waals surface area contributed by atoms with Gasteiger partial charge in [-0.25, -0.2) is 4.98 Å². The van der Waals surface area contributed by atoms with E-state index < -0.39 is 0 Å². The molecule has 1 aromatic carbocycles. The van der Waals surface area contributed by atoms with Gasteiger partial charge in [-0.1, -0.05) is 15.9 Å². The molecule has 0 bridgehead atoms. The van der Waals surface area contributed by atoms with E-state index in [0.29, 0.717) is 19.5 Å². The molecule has 4 rings (SSSR count). The van der Waals surface area contributed by atoms with Gasteiger partial charge in [0.05, 0.1) is 23.2 Å². The van der Waals surface area contributed by atoms with Gasteiger partial charge in [-0.15, -0.1) is 0 Å². The molecule has 2 aromatic heterocycles. The molecular weight excluding hydrogens is 396 g/mol. The number of fused-ring (bicyclic) bond motifs is 1. The summed E-state index contributed by atoms with van der Waals surface area (Å²) in [7, 11) is 0. The monoisotopic (exact) mass is 416 g/mol. The van der Waals surface area contributed by atoms with E-state index >= 15 is 0 Å². The molecule has 1 aliphatic rings. The van der Waals surface area contributed by atoms with Crippen molar-refractivity contribution < 1.29 is 9.21 Å². The number of nitrogens with zero attached hydrogens (tertiary/aromatic N) is 2. The largest absolute Gasteiger partial charge is 0.469 e. The number of aromatic nitrogens is 2. The summed E-state index contributed by atoms with van der Waals surface area (Å²) in [6.07, 6.45) is 4.27. The second kappa shape index (κ2) is 7.53. The fourth-order valence-electron chi connectivity index (χ4n) is 3.41. The minimum absolute atomic E-state index is 0.0136. The van der Waals surface area contributed by atoms with Gasteiger partial charge in [-0.05, 0) is 43.2 Å². The molecule has 0 aliphatic carbocycles. The fourth-order valence-corrected chi connectivity index (χ4v) is 3.77. The van der Waals surface area contributed by atoms with Gasteiger partial charge < -0.3 is 19.6 Å². The van der Waals surface area contributed by atoms with Crippen LogP contribution in [0.15, 0.2) is 45.5 Å². The zero-order chi connectivity index (χ0) is 17.9. The summed E-state index contributed by atoms with van der Waals surface area (Å²) in [6.45, 7) is 2.20. The predicted octanol–water partition coefficient (Wildman–Crippen LogP) is 3.49. The lowest BCUT2D eigenvalue weighted by molar-refractivity contribution is -0.125. The van der Waals surface area contributed by atoms with Crippen LogP contribution in [0.1, 0.15) is 18.6 Å². The number of amides is 1. The zero-order valence-corrected chi connectivity index (χ0v) is 16.0. The number of hydrogen-bond donors (Lipinski definition) is 2. The van der Waals surface area contributed by atoms with Crippen LogP contribution in [0.2, 0.25) is 0 Å². The molecule has 6 nitrogen and oxygen atoms in total. The van der Waals surface area contributed by atoms with Crippen molar-refractivity contribution in [2.24, 2.45) is 5.92 Å². The number of anilines is 1. The molecule has 1 fully saturated rings. The molecule has 136 valence electrons. The van der Waals surface area contributed by atoms with Crippen molar-refractivity contribution in [2.45, 2.75) is 19.3 Å². The van der Waals surface area contributed by atoms with Crippen LogP contribution in [-0.2, 0) is 11.2 Å². The van der Waals surface area contributed by atoms with Gasteiger partial charge in [0.15, 0.2) is 0 Å². The van der Waals surface area contributed by atoms with Gasteiger partial charge in [0.25, 0.3) is 0 Å². The minimum Gasteiger partial charge on any atom is -0.469 e. The molecule has 26 heavy (non-hydrogen) atoms. The van der Waals surface area contributed by atoms with Gasteiger partial charge >= 0.3 is 0 Å². The molecule has 7 heteroatoms. The minimum atomic E-state index is -0.0136. The van der Waals surface area contributed by atoms with E-state index in [1.807, 2.05) is 30.3 Å². The maximum Gasteiger partial charge on any atom is 0.224 e. The van der Waals surface area contributed by atoms with Crippen molar-refractivity contribution in [3.05, 3.63) is 46.8 Å². The third-order valence-corrected chi connectivity index (χ3v) is 5.27. The number of hydrogen-bond acceptors (Lipinski definition) is 4. The van der Waals surface area contributed by atoms with Crippen LogP contribution in [0.3, 0.4) is 0 Å². The van der Waals surface area contributed by atoms with Crippen molar-refractivity contribution in [1.82, 2.24) is 15.3 Å². The van der Waals surface area contributed by atoms with E-state index in [-0.39, 0.29) is 11.8 Å². The number of carbonyl (C=O) groups is 1. The standard InChI is InChI=1S/C19H21BrN4O2/c20-14-5-6-16-17(11-14)23-19(22-16)24-9-1-3-13(12-24)18(25)21-8-7-15-4-2-10-26-15/h2,4-6,10-11,13H,1,3,7-9,12H2,(H,21,25)(H,22,23). The number of piperidine rings is 1. The van der Waals surface area contributed by atoms with E-state index in [2.05, 4.69) is 36.1 Å². The topological polar surface area (TPSA) is 74.2 Å². The first kappa shape index (κ1) is 17.1. The molecule has 1 aliphatic heterocycles. The number of halogens is 1. The van der Waals surface area contributed by atoms with Crippen LogP contribution in [0.25, 0.3) is 11.0 Å². The normalized spacial score (nSPS) is 17.6. The second-order valence-electron chi connectivity index (χ2n) is 6.63. The average molecular weight is 417 g/mol. The smallest absolute Gasteiger partial charge is 0.224 e. The molecule has 0 saturated carbocycles. The Balaban J connectivity index is 1.37. The SMILES string of the molecule is O=C(NCCc1ccco1)C1CCCN(c2nc3ccc(Br)cc3[nH]2)C1. The molecular formula is C19H21BrN4O2. The van der Waals surface area contributed by atoms with Gasteiger partial charge in [0.1, 0.15) is 5.76 Å². The molecule has 0 spiro atoms. The highest BCUT2D eigenvalue weighted by Gasteiger charge is 2.27. The lowest BCUT2D eigenvalue weighted by atomic mass is 9.97. The quantitative estimate of drug-likeness (QED) is 0.667. The Kier molecular flexibility index (Phi) is 4.97. The maximum absolute atomic E-state index is 12.5. The van der Waals surface area contributed by atoms with Crippen molar-refractivity contribution >= 4 is 38.8 Å². The fraction of sp³-hybridized carbons (Fsp3) is 0.368. The Hall–Kier alpha value is -2.28. The van der Waals surface area contributed by atoms with E-state index in [1.165, 1.54) is 0 Å². The average Bonchev–Trinajstić information content (AvgIpc) is 3.31. The van der Waals surface area contributed by atoms with E-state index in [1.54, 1.807) is 6.26 Å². The van der Waals surface area contributed by atoms with E-state index in [4.69, 9.17) is 4.42 Å². The van der Waals surface area contributed by atoms with Crippen LogP contribution in [0.5, 0.6) is 0 Å². The Morgan fingerprint density at radius 3 is 3.19 bits per heavy atom. The number of furan rings is 1. The van der Waals surface area contributed by atoms with Crippen molar-refractivity contribution in [3.63, 3.8) is 0 Å². The molecule has 1 atom stereocenters. The van der Waals surface area contributed by atoms with Crippen molar-refractivity contribution in [3.8, 4) is 0 Å². The van der Waals surface area contributed by atoms with E-state index in [0.717, 1.165) is 46.6 Å². The summed E-state index contributed by atoms with van der Waals surface area (Å²) >= 11 is 3.48. The first-order valence-corrected chi connectivity index (χ1v) is 9.68. The summed E-state index contributed by atoms with van der Waals surface area (Å²) in [6, 6.07) is 9.78.